The summed E-state index contributed by atoms with van der Waals surface area (Å²) >= 11 is 0. The van der Waals surface area contributed by atoms with Crippen molar-refractivity contribution in [2.24, 2.45) is 17.2 Å². The molecule has 0 bridgehead atoms. The van der Waals surface area contributed by atoms with Crippen LogP contribution in [0.15, 0.2) is 0 Å². The highest BCUT2D eigenvalue weighted by Crippen LogP contribution is 2.31. The van der Waals surface area contributed by atoms with Gasteiger partial charge in [0.05, 0.1) is 12.6 Å². The van der Waals surface area contributed by atoms with Crippen molar-refractivity contribution in [2.75, 3.05) is 20.2 Å². The normalized spacial score (nSPS) is 52.5. The zero-order valence-electron chi connectivity index (χ0n) is 18.8. The third-order valence-electron chi connectivity index (χ3n) is 6.66. The molecule has 15 nitrogen and oxygen atoms in total. The van der Waals surface area contributed by atoms with Gasteiger partial charge in [0.2, 0.25) is 0 Å². The molecular formula is C19H38N4O11. The van der Waals surface area contributed by atoms with Crippen molar-refractivity contribution < 1.29 is 54.7 Å². The van der Waals surface area contributed by atoms with Crippen molar-refractivity contribution in [3.63, 3.8) is 0 Å². The van der Waals surface area contributed by atoms with Gasteiger partial charge in [-0.1, -0.05) is 0 Å². The molecule has 0 aromatic heterocycles. The number of nitrogens with one attached hydrogen (secondary N) is 1. The van der Waals surface area contributed by atoms with Gasteiger partial charge in [-0.15, -0.1) is 0 Å². The fraction of sp³-hybridized carbons (Fsp3) is 1.00. The lowest BCUT2D eigenvalue weighted by molar-refractivity contribution is -0.332. The standard InChI is InChI=1S/C19H38N4O11/c1-23-3-7-11(26)13(28)14(29)19(31-7)34-17-6(21)2-5(20)16(15(17)30)33-18-12(27)9(22)10(25)8(4-24)32-18/h5-19,23-30H,2-4,20-22H2,1H3/t5-,6+,7-,8+,9-,10+,11-,12+,13+,14-,15-,16+,17-,18+,19-/m1/s1. The second kappa shape index (κ2) is 11.6. The van der Waals surface area contributed by atoms with Crippen LogP contribution in [0.3, 0.4) is 0 Å². The molecule has 0 unspecified atom stereocenters. The number of hydrogen-bond donors (Lipinski definition) is 11. The summed E-state index contributed by atoms with van der Waals surface area (Å²) in [5.74, 6) is 0. The molecule has 0 spiro atoms. The first-order valence-corrected chi connectivity index (χ1v) is 11.2. The van der Waals surface area contributed by atoms with E-state index in [1.54, 1.807) is 7.05 Å². The molecule has 2 saturated heterocycles. The maximum atomic E-state index is 11.0. The van der Waals surface area contributed by atoms with Crippen molar-refractivity contribution in [1.29, 1.82) is 0 Å². The van der Waals surface area contributed by atoms with E-state index >= 15 is 0 Å². The molecule has 2 heterocycles. The van der Waals surface area contributed by atoms with Gasteiger partial charge in [0, 0.05) is 18.6 Å². The van der Waals surface area contributed by atoms with E-state index in [0.717, 1.165) is 0 Å². The Morgan fingerprint density at radius 2 is 1.26 bits per heavy atom. The Balaban J connectivity index is 1.72. The topological polar surface area (TPSA) is 269 Å². The van der Waals surface area contributed by atoms with Gasteiger partial charge >= 0.3 is 0 Å². The van der Waals surface area contributed by atoms with Crippen molar-refractivity contribution in [2.45, 2.75) is 98.2 Å². The molecule has 0 radical (unpaired) electrons. The monoisotopic (exact) mass is 498 g/mol. The Morgan fingerprint density at radius 3 is 1.79 bits per heavy atom. The van der Waals surface area contributed by atoms with E-state index in [-0.39, 0.29) is 13.0 Å². The van der Waals surface area contributed by atoms with E-state index in [2.05, 4.69) is 5.32 Å². The molecule has 0 aromatic carbocycles. The zero-order valence-corrected chi connectivity index (χ0v) is 18.8. The third kappa shape index (κ3) is 5.54. The molecule has 2 aliphatic heterocycles. The predicted molar refractivity (Wildman–Crippen MR) is 113 cm³/mol. The Labute approximate surface area is 196 Å². The molecule has 15 heteroatoms. The van der Waals surface area contributed by atoms with Crippen molar-refractivity contribution in [3.8, 4) is 0 Å². The highest BCUT2D eigenvalue weighted by Gasteiger charge is 2.51. The SMILES string of the molecule is CNC[C@H]1O[C@H](O[C@H]2[C@H](O)[C@@H](O[C@@H]3O[C@@H](CO)[C@H](O)[C@@H](N)[C@@H]3O)[C@H](N)C[C@@H]2N)[C@H](O)[C@@H](O)[C@@H]1O. The molecule has 34 heavy (non-hydrogen) atoms. The van der Waals surface area contributed by atoms with Gasteiger partial charge in [-0.25, -0.2) is 0 Å². The summed E-state index contributed by atoms with van der Waals surface area (Å²) in [6, 6.07) is -2.83. The molecule has 3 rings (SSSR count). The Kier molecular flexibility index (Phi) is 9.57. The number of likely N-dealkylation sites (N-methyl/N-ethyl adjacent to an activating group) is 1. The average molecular weight is 499 g/mol. The summed E-state index contributed by atoms with van der Waals surface area (Å²) < 4.78 is 22.5. The summed E-state index contributed by atoms with van der Waals surface area (Å²) in [4.78, 5) is 0. The summed E-state index contributed by atoms with van der Waals surface area (Å²) in [5.41, 5.74) is 18.1. The molecule has 1 aliphatic carbocycles. The molecule has 15 atom stereocenters. The van der Waals surface area contributed by atoms with E-state index in [4.69, 9.17) is 36.1 Å². The van der Waals surface area contributed by atoms with Crippen LogP contribution in [-0.2, 0) is 18.9 Å². The molecule has 200 valence electrons. The van der Waals surface area contributed by atoms with Gasteiger partial charge in [0.1, 0.15) is 61.0 Å². The zero-order chi connectivity index (χ0) is 25.3. The summed E-state index contributed by atoms with van der Waals surface area (Å²) in [6.07, 6.45) is -16.1. The van der Waals surface area contributed by atoms with Crippen LogP contribution in [-0.4, -0.2) is 148 Å². The first kappa shape index (κ1) is 28.0. The van der Waals surface area contributed by atoms with Gasteiger partial charge in [-0.05, 0) is 13.5 Å². The first-order valence-electron chi connectivity index (χ1n) is 11.2. The van der Waals surface area contributed by atoms with Crippen molar-refractivity contribution >= 4 is 0 Å². The highest BCUT2D eigenvalue weighted by atomic mass is 16.7. The summed E-state index contributed by atoms with van der Waals surface area (Å²) in [6.45, 7) is -0.439. The molecule has 3 aliphatic rings. The minimum absolute atomic E-state index is 0.0985. The third-order valence-corrected chi connectivity index (χ3v) is 6.66. The number of aliphatic hydroxyl groups is 7. The van der Waals surface area contributed by atoms with E-state index in [1.165, 1.54) is 0 Å². The fourth-order valence-corrected chi connectivity index (χ4v) is 4.58. The summed E-state index contributed by atoms with van der Waals surface area (Å²) in [7, 11) is 1.61. The number of aliphatic hydroxyl groups excluding tert-OH is 7. The minimum atomic E-state index is -1.63. The average Bonchev–Trinajstić information content (AvgIpc) is 2.80. The lowest BCUT2D eigenvalue weighted by Gasteiger charge is -2.48. The van der Waals surface area contributed by atoms with Gasteiger partial charge in [-0.3, -0.25) is 0 Å². The first-order chi connectivity index (χ1) is 16.0. The molecule has 0 aromatic rings. The van der Waals surface area contributed by atoms with Crippen LogP contribution >= 0.6 is 0 Å². The number of rotatable bonds is 7. The van der Waals surface area contributed by atoms with Crippen molar-refractivity contribution in [1.82, 2.24) is 5.32 Å². The fourth-order valence-electron chi connectivity index (χ4n) is 4.58. The van der Waals surface area contributed by atoms with E-state index in [0.29, 0.717) is 0 Å². The highest BCUT2D eigenvalue weighted by molar-refractivity contribution is 5.01. The lowest BCUT2D eigenvalue weighted by atomic mass is 9.84. The van der Waals surface area contributed by atoms with E-state index in [1.807, 2.05) is 0 Å². The van der Waals surface area contributed by atoms with Crippen LogP contribution < -0.4 is 22.5 Å². The number of hydrogen-bond acceptors (Lipinski definition) is 15. The smallest absolute Gasteiger partial charge is 0.187 e. The van der Waals surface area contributed by atoms with Crippen LogP contribution in [0.4, 0.5) is 0 Å². The Morgan fingerprint density at radius 1 is 0.735 bits per heavy atom. The Bertz CT molecular complexity index is 651. The second-order valence-corrected chi connectivity index (χ2v) is 9.11. The van der Waals surface area contributed by atoms with Gasteiger partial charge < -0.3 is 77.2 Å². The van der Waals surface area contributed by atoms with Gasteiger partial charge in [0.15, 0.2) is 12.6 Å². The maximum absolute atomic E-state index is 11.0. The lowest BCUT2D eigenvalue weighted by Crippen LogP contribution is -2.68. The molecule has 3 fully saturated rings. The van der Waals surface area contributed by atoms with Crippen LogP contribution in [0, 0.1) is 0 Å². The van der Waals surface area contributed by atoms with E-state index in [9.17, 15) is 35.7 Å². The van der Waals surface area contributed by atoms with E-state index < -0.39 is 98.4 Å². The second-order valence-electron chi connectivity index (χ2n) is 9.11. The van der Waals surface area contributed by atoms with Crippen LogP contribution in [0.1, 0.15) is 6.42 Å². The van der Waals surface area contributed by atoms with Crippen LogP contribution in [0.5, 0.6) is 0 Å². The largest absolute Gasteiger partial charge is 0.394 e. The predicted octanol–water partition coefficient (Wildman–Crippen LogP) is -7.03. The van der Waals surface area contributed by atoms with Crippen molar-refractivity contribution in [3.05, 3.63) is 0 Å². The van der Waals surface area contributed by atoms with Gasteiger partial charge in [-0.2, -0.15) is 0 Å². The van der Waals surface area contributed by atoms with Crippen LogP contribution in [0.25, 0.3) is 0 Å². The minimum Gasteiger partial charge on any atom is -0.394 e. The molecule has 14 N–H and O–H groups in total. The van der Waals surface area contributed by atoms with Gasteiger partial charge in [0.25, 0.3) is 0 Å². The molecular weight excluding hydrogens is 460 g/mol. The number of ether oxygens (including phenoxy) is 4. The molecule has 1 saturated carbocycles. The summed E-state index contributed by atoms with van der Waals surface area (Å²) in [5, 5.41) is 74.2. The maximum Gasteiger partial charge on any atom is 0.187 e. The molecule has 0 amide bonds. The Hall–Kier alpha value is -0.600. The quantitative estimate of drug-likeness (QED) is 0.156. The number of nitrogens with two attached hydrogens (primary N) is 3. The van der Waals surface area contributed by atoms with Crippen LogP contribution in [0.2, 0.25) is 0 Å².